The summed E-state index contributed by atoms with van der Waals surface area (Å²) in [7, 11) is 0. The van der Waals surface area contributed by atoms with Gasteiger partial charge in [-0.1, -0.05) is 11.3 Å². The SMILES string of the molecule is Cc1nn2cc(C(=O)Nc3ccc(N4CCCCC4)cc3)nc2s1. The summed E-state index contributed by atoms with van der Waals surface area (Å²) in [5.74, 6) is -0.212. The van der Waals surface area contributed by atoms with Gasteiger partial charge in [0.25, 0.3) is 5.91 Å². The van der Waals surface area contributed by atoms with Crippen molar-refractivity contribution in [2.24, 2.45) is 0 Å². The lowest BCUT2D eigenvalue weighted by Crippen LogP contribution is -2.29. The highest BCUT2D eigenvalue weighted by atomic mass is 32.1. The van der Waals surface area contributed by atoms with E-state index in [0.29, 0.717) is 5.69 Å². The molecule has 1 fully saturated rings. The van der Waals surface area contributed by atoms with Gasteiger partial charge in [0.15, 0.2) is 0 Å². The first-order valence-electron chi connectivity index (χ1n) is 8.18. The molecule has 3 aromatic rings. The highest BCUT2D eigenvalue weighted by Crippen LogP contribution is 2.22. The predicted molar refractivity (Wildman–Crippen MR) is 96.1 cm³/mol. The van der Waals surface area contributed by atoms with Crippen molar-refractivity contribution in [3.05, 3.63) is 41.2 Å². The summed E-state index contributed by atoms with van der Waals surface area (Å²) in [6.07, 6.45) is 5.49. The quantitative estimate of drug-likeness (QED) is 0.794. The molecular formula is C17H19N5OS. The molecule has 0 aliphatic carbocycles. The van der Waals surface area contributed by atoms with Crippen LogP contribution in [-0.2, 0) is 0 Å². The van der Waals surface area contributed by atoms with Gasteiger partial charge in [-0.3, -0.25) is 4.79 Å². The molecule has 0 spiro atoms. The van der Waals surface area contributed by atoms with Gasteiger partial charge in [0.05, 0.1) is 6.20 Å². The summed E-state index contributed by atoms with van der Waals surface area (Å²) < 4.78 is 1.65. The Labute approximate surface area is 144 Å². The van der Waals surface area contributed by atoms with E-state index in [0.717, 1.165) is 28.7 Å². The van der Waals surface area contributed by atoms with Gasteiger partial charge < -0.3 is 10.2 Å². The van der Waals surface area contributed by atoms with Crippen LogP contribution in [0.15, 0.2) is 30.5 Å². The molecule has 3 heterocycles. The van der Waals surface area contributed by atoms with E-state index in [4.69, 9.17) is 0 Å². The number of carbonyl (C=O) groups is 1. The fourth-order valence-electron chi connectivity index (χ4n) is 3.01. The number of imidazole rings is 1. The number of amides is 1. The monoisotopic (exact) mass is 341 g/mol. The Morgan fingerprint density at radius 1 is 1.17 bits per heavy atom. The Morgan fingerprint density at radius 2 is 1.92 bits per heavy atom. The van der Waals surface area contributed by atoms with Crippen LogP contribution in [0.2, 0.25) is 0 Å². The Kier molecular flexibility index (Phi) is 3.93. The third kappa shape index (κ3) is 2.99. The van der Waals surface area contributed by atoms with Crippen LogP contribution in [0.5, 0.6) is 0 Å². The van der Waals surface area contributed by atoms with E-state index in [1.807, 2.05) is 19.1 Å². The van der Waals surface area contributed by atoms with Crippen molar-refractivity contribution in [3.8, 4) is 0 Å². The zero-order valence-corrected chi connectivity index (χ0v) is 14.3. The summed E-state index contributed by atoms with van der Waals surface area (Å²) in [4.78, 5) is 19.8. The number of aryl methyl sites for hydroxylation is 1. The maximum atomic E-state index is 12.3. The molecule has 4 rings (SSSR count). The summed E-state index contributed by atoms with van der Waals surface area (Å²) in [6, 6.07) is 8.03. The lowest BCUT2D eigenvalue weighted by atomic mass is 10.1. The number of hydrogen-bond acceptors (Lipinski definition) is 5. The first-order valence-corrected chi connectivity index (χ1v) is 9.00. The number of rotatable bonds is 3. The molecule has 1 aliphatic heterocycles. The molecule has 0 radical (unpaired) electrons. The van der Waals surface area contributed by atoms with Crippen LogP contribution in [0.1, 0.15) is 34.8 Å². The van der Waals surface area contributed by atoms with E-state index in [1.165, 1.54) is 36.3 Å². The highest BCUT2D eigenvalue weighted by molar-refractivity contribution is 7.16. The molecule has 1 saturated heterocycles. The standard InChI is InChI=1S/C17H19N5OS/c1-12-20-22-11-15(19-17(22)24-12)16(23)18-13-5-7-14(8-6-13)21-9-3-2-4-10-21/h5-8,11H,2-4,9-10H2,1H3,(H,18,23). The second-order valence-electron chi connectivity index (χ2n) is 6.02. The number of piperidine rings is 1. The molecule has 0 bridgehead atoms. The van der Waals surface area contributed by atoms with E-state index in [1.54, 1.807) is 10.7 Å². The Hall–Kier alpha value is -2.41. The van der Waals surface area contributed by atoms with Crippen LogP contribution in [0.3, 0.4) is 0 Å². The Balaban J connectivity index is 1.45. The topological polar surface area (TPSA) is 62.5 Å². The fourth-order valence-corrected chi connectivity index (χ4v) is 3.74. The lowest BCUT2D eigenvalue weighted by molar-refractivity contribution is 0.102. The molecule has 0 unspecified atom stereocenters. The molecule has 124 valence electrons. The fraction of sp³-hybridized carbons (Fsp3) is 0.353. The van der Waals surface area contributed by atoms with E-state index in [-0.39, 0.29) is 5.91 Å². The minimum atomic E-state index is -0.212. The zero-order chi connectivity index (χ0) is 16.5. The zero-order valence-electron chi connectivity index (χ0n) is 13.5. The minimum absolute atomic E-state index is 0.212. The van der Waals surface area contributed by atoms with Crippen LogP contribution < -0.4 is 10.2 Å². The third-order valence-electron chi connectivity index (χ3n) is 4.22. The van der Waals surface area contributed by atoms with Gasteiger partial charge in [0, 0.05) is 24.5 Å². The third-order valence-corrected chi connectivity index (χ3v) is 5.06. The average Bonchev–Trinajstić information content (AvgIpc) is 3.14. The molecule has 0 saturated carbocycles. The second-order valence-corrected chi connectivity index (χ2v) is 7.18. The number of anilines is 2. The summed E-state index contributed by atoms with van der Waals surface area (Å²) in [5, 5.41) is 8.10. The number of nitrogens with zero attached hydrogens (tertiary/aromatic N) is 4. The molecule has 1 aromatic carbocycles. The summed E-state index contributed by atoms with van der Waals surface area (Å²) in [5.41, 5.74) is 2.38. The van der Waals surface area contributed by atoms with E-state index >= 15 is 0 Å². The van der Waals surface area contributed by atoms with Gasteiger partial charge in [-0.25, -0.2) is 9.50 Å². The molecule has 1 amide bonds. The molecule has 6 nitrogen and oxygen atoms in total. The minimum Gasteiger partial charge on any atom is -0.372 e. The smallest absolute Gasteiger partial charge is 0.275 e. The van der Waals surface area contributed by atoms with Crippen LogP contribution >= 0.6 is 11.3 Å². The maximum Gasteiger partial charge on any atom is 0.275 e. The van der Waals surface area contributed by atoms with Gasteiger partial charge in [-0.2, -0.15) is 5.10 Å². The molecule has 7 heteroatoms. The van der Waals surface area contributed by atoms with E-state index in [9.17, 15) is 4.79 Å². The molecule has 24 heavy (non-hydrogen) atoms. The maximum absolute atomic E-state index is 12.3. The van der Waals surface area contributed by atoms with E-state index in [2.05, 4.69) is 32.4 Å². The first kappa shape index (κ1) is 15.1. The van der Waals surface area contributed by atoms with Gasteiger partial charge >= 0.3 is 0 Å². The van der Waals surface area contributed by atoms with Gasteiger partial charge in [-0.15, -0.1) is 0 Å². The second kappa shape index (κ2) is 6.24. The van der Waals surface area contributed by atoms with Crippen LogP contribution in [0.25, 0.3) is 4.96 Å². The van der Waals surface area contributed by atoms with Crippen molar-refractivity contribution in [3.63, 3.8) is 0 Å². The van der Waals surface area contributed by atoms with Crippen molar-refractivity contribution >= 4 is 33.6 Å². The molecule has 0 atom stereocenters. The van der Waals surface area contributed by atoms with Crippen molar-refractivity contribution in [2.75, 3.05) is 23.3 Å². The van der Waals surface area contributed by atoms with Crippen LogP contribution in [-0.4, -0.2) is 33.6 Å². The number of nitrogens with one attached hydrogen (secondary N) is 1. The molecule has 2 aromatic heterocycles. The van der Waals surface area contributed by atoms with Gasteiger partial charge in [0.2, 0.25) is 4.96 Å². The number of carbonyl (C=O) groups excluding carboxylic acids is 1. The molecule has 1 N–H and O–H groups in total. The molecular weight excluding hydrogens is 322 g/mol. The number of hydrogen-bond donors (Lipinski definition) is 1. The molecule has 1 aliphatic rings. The average molecular weight is 341 g/mol. The summed E-state index contributed by atoms with van der Waals surface area (Å²) >= 11 is 1.47. The number of benzene rings is 1. The number of fused-ring (bicyclic) bond motifs is 1. The summed E-state index contributed by atoms with van der Waals surface area (Å²) in [6.45, 7) is 4.15. The Morgan fingerprint density at radius 3 is 2.62 bits per heavy atom. The van der Waals surface area contributed by atoms with Crippen molar-refractivity contribution in [2.45, 2.75) is 26.2 Å². The first-order chi connectivity index (χ1) is 11.7. The predicted octanol–water partition coefficient (Wildman–Crippen LogP) is 3.34. The van der Waals surface area contributed by atoms with E-state index < -0.39 is 0 Å². The normalized spacial score (nSPS) is 15.0. The Bertz CT molecular complexity index is 829. The van der Waals surface area contributed by atoms with Gasteiger partial charge in [-0.05, 0) is 50.5 Å². The largest absolute Gasteiger partial charge is 0.372 e. The number of aromatic nitrogens is 3. The van der Waals surface area contributed by atoms with Gasteiger partial charge in [0.1, 0.15) is 10.7 Å². The van der Waals surface area contributed by atoms with Crippen molar-refractivity contribution < 1.29 is 4.79 Å². The van der Waals surface area contributed by atoms with Crippen molar-refractivity contribution in [1.29, 1.82) is 0 Å². The van der Waals surface area contributed by atoms with Crippen molar-refractivity contribution in [1.82, 2.24) is 14.6 Å². The lowest BCUT2D eigenvalue weighted by Gasteiger charge is -2.28. The highest BCUT2D eigenvalue weighted by Gasteiger charge is 2.14. The van der Waals surface area contributed by atoms with Crippen LogP contribution in [0.4, 0.5) is 11.4 Å². The van der Waals surface area contributed by atoms with Crippen LogP contribution in [0, 0.1) is 6.92 Å².